The summed E-state index contributed by atoms with van der Waals surface area (Å²) in [6.07, 6.45) is 5.14. The smallest absolute Gasteiger partial charge is 0.278 e. The molecule has 1 fully saturated rings. The number of oxazole rings is 1. The van der Waals surface area contributed by atoms with E-state index in [1.165, 1.54) is 12.5 Å². The van der Waals surface area contributed by atoms with Crippen LogP contribution < -0.4 is 9.47 Å². The first kappa shape index (κ1) is 25.1. The summed E-state index contributed by atoms with van der Waals surface area (Å²) in [7, 11) is 0. The Morgan fingerprint density at radius 2 is 1.88 bits per heavy atom. The molecule has 7 rings (SSSR count). The van der Waals surface area contributed by atoms with Gasteiger partial charge in [0.15, 0.2) is 17.9 Å². The molecule has 0 bridgehead atoms. The molecular weight excluding hydrogens is 531 g/mol. The molecule has 40 heavy (non-hydrogen) atoms. The molecule has 4 heterocycles. The normalized spacial score (nSPS) is 19.5. The van der Waals surface area contributed by atoms with Crippen LogP contribution in [-0.4, -0.2) is 32.5 Å². The van der Waals surface area contributed by atoms with E-state index in [1.807, 2.05) is 30.3 Å². The molecule has 204 valence electrons. The molecule has 5 aromatic rings. The molecule has 0 amide bonds. The summed E-state index contributed by atoms with van der Waals surface area (Å²) in [6.45, 7) is 4.92. The fourth-order valence-electron chi connectivity index (χ4n) is 5.94. The zero-order chi connectivity index (χ0) is 27.3. The molecular formula is C31H28ClFN4O3. The van der Waals surface area contributed by atoms with E-state index >= 15 is 0 Å². The van der Waals surface area contributed by atoms with Crippen LogP contribution >= 0.6 is 11.6 Å². The van der Waals surface area contributed by atoms with Crippen molar-refractivity contribution in [1.82, 2.24) is 19.4 Å². The number of ether oxygens (including phenoxy) is 2. The third-order valence-electron chi connectivity index (χ3n) is 7.95. The van der Waals surface area contributed by atoms with Gasteiger partial charge in [-0.3, -0.25) is 4.90 Å². The Hall–Kier alpha value is -3.88. The second-order valence-electron chi connectivity index (χ2n) is 10.6. The Morgan fingerprint density at radius 1 is 1.02 bits per heavy atom. The van der Waals surface area contributed by atoms with Gasteiger partial charge in [0.05, 0.1) is 35.9 Å². The Bertz CT molecular complexity index is 1680. The third-order valence-corrected chi connectivity index (χ3v) is 8.19. The molecule has 0 radical (unpaired) electrons. The van der Waals surface area contributed by atoms with Crippen molar-refractivity contribution in [1.29, 1.82) is 0 Å². The first-order valence-corrected chi connectivity index (χ1v) is 13.8. The maximum Gasteiger partial charge on any atom is 0.278 e. The lowest BCUT2D eigenvalue weighted by Crippen LogP contribution is -2.34. The maximum absolute atomic E-state index is 14.8. The number of piperidine rings is 1. The lowest BCUT2D eigenvalue weighted by molar-refractivity contribution is -0.0712. The quantitative estimate of drug-likeness (QED) is 0.226. The molecule has 3 aromatic carbocycles. The molecule has 0 saturated carbocycles. The molecule has 1 saturated heterocycles. The predicted octanol–water partition coefficient (Wildman–Crippen LogP) is 6.89. The van der Waals surface area contributed by atoms with E-state index in [2.05, 4.69) is 26.6 Å². The van der Waals surface area contributed by atoms with E-state index in [1.54, 1.807) is 25.3 Å². The van der Waals surface area contributed by atoms with Crippen LogP contribution in [0, 0.1) is 5.82 Å². The molecule has 2 aliphatic heterocycles. The number of aromatic nitrogens is 3. The first-order chi connectivity index (χ1) is 19.5. The van der Waals surface area contributed by atoms with Gasteiger partial charge in [-0.1, -0.05) is 35.9 Å². The topological polar surface area (TPSA) is 65.5 Å². The van der Waals surface area contributed by atoms with E-state index in [9.17, 15) is 4.39 Å². The van der Waals surface area contributed by atoms with Crippen molar-refractivity contribution in [2.24, 2.45) is 0 Å². The minimum absolute atomic E-state index is 0.306. The molecule has 0 spiro atoms. The highest BCUT2D eigenvalue weighted by molar-refractivity contribution is 6.30. The van der Waals surface area contributed by atoms with E-state index in [-0.39, 0.29) is 0 Å². The highest BCUT2D eigenvalue weighted by atomic mass is 35.5. The highest BCUT2D eigenvalue weighted by Gasteiger charge is 2.43. The third kappa shape index (κ3) is 4.51. The number of benzene rings is 3. The monoisotopic (exact) mass is 558 g/mol. The van der Waals surface area contributed by atoms with Crippen molar-refractivity contribution in [3.8, 4) is 11.5 Å². The number of hydrogen-bond acceptors (Lipinski definition) is 6. The average molecular weight is 559 g/mol. The second-order valence-corrected chi connectivity index (χ2v) is 11.0. The number of hydrogen-bond donors (Lipinski definition) is 0. The summed E-state index contributed by atoms with van der Waals surface area (Å²) < 4.78 is 35.1. The van der Waals surface area contributed by atoms with Crippen LogP contribution in [-0.2, 0) is 18.9 Å². The predicted molar refractivity (Wildman–Crippen MR) is 149 cm³/mol. The van der Waals surface area contributed by atoms with Gasteiger partial charge in [0, 0.05) is 17.5 Å². The minimum atomic E-state index is -1.25. The van der Waals surface area contributed by atoms with Crippen molar-refractivity contribution in [2.75, 3.05) is 13.1 Å². The maximum atomic E-state index is 14.8. The van der Waals surface area contributed by atoms with Gasteiger partial charge >= 0.3 is 0 Å². The summed E-state index contributed by atoms with van der Waals surface area (Å²) in [4.78, 5) is 11.5. The van der Waals surface area contributed by atoms with E-state index < -0.39 is 11.6 Å². The van der Waals surface area contributed by atoms with E-state index in [0.29, 0.717) is 34.5 Å². The van der Waals surface area contributed by atoms with Crippen LogP contribution in [0.15, 0.2) is 77.7 Å². The van der Waals surface area contributed by atoms with E-state index in [4.69, 9.17) is 30.5 Å². The number of para-hydroxylation sites is 3. The molecule has 0 aliphatic carbocycles. The van der Waals surface area contributed by atoms with Gasteiger partial charge in [0.2, 0.25) is 0 Å². The fourth-order valence-corrected chi connectivity index (χ4v) is 6.10. The van der Waals surface area contributed by atoms with E-state index in [0.717, 1.165) is 60.7 Å². The zero-order valence-corrected chi connectivity index (χ0v) is 22.8. The molecule has 0 N–H and O–H groups in total. The van der Waals surface area contributed by atoms with Gasteiger partial charge in [0.25, 0.3) is 5.79 Å². The minimum Gasteiger partial charge on any atom is -0.447 e. The van der Waals surface area contributed by atoms with Crippen LogP contribution in [0.25, 0.3) is 11.0 Å². The SMILES string of the molecule is CC1(c2ccc(Cl)cc2F)Oc2cccc(C3CCN(Cc4nc5ccccc5n4Cc4cnco4)CC3)c2O1. The number of imidazole rings is 1. The Balaban J connectivity index is 1.08. The Morgan fingerprint density at radius 3 is 2.67 bits per heavy atom. The second kappa shape index (κ2) is 9.94. The standard InChI is InChI=1S/C31H28ClFN4O3/c1-31(24-10-9-21(32)15-25(24)33)39-28-8-4-5-23(30(28)40-31)20-11-13-36(14-12-20)18-29-35-26-6-2-3-7-27(26)37(29)17-22-16-34-19-38-22/h2-10,15-16,19-20H,11-14,17-18H2,1H3. The van der Waals surface area contributed by atoms with Crippen LogP contribution in [0.5, 0.6) is 11.5 Å². The number of fused-ring (bicyclic) bond motifs is 2. The van der Waals surface area contributed by atoms with Crippen molar-refractivity contribution < 1.29 is 18.3 Å². The molecule has 1 atom stereocenters. The van der Waals surface area contributed by atoms with Crippen LogP contribution in [0.1, 0.15) is 48.4 Å². The van der Waals surface area contributed by atoms with Crippen LogP contribution in [0.2, 0.25) is 5.02 Å². The van der Waals surface area contributed by atoms with Gasteiger partial charge in [0.1, 0.15) is 17.4 Å². The summed E-state index contributed by atoms with van der Waals surface area (Å²) in [6, 6.07) is 18.7. The Labute approximate surface area is 236 Å². The summed E-state index contributed by atoms with van der Waals surface area (Å²) in [5, 5.41) is 0.335. The molecule has 7 nitrogen and oxygen atoms in total. The number of rotatable bonds is 6. The summed E-state index contributed by atoms with van der Waals surface area (Å²) in [5.41, 5.74) is 3.49. The molecule has 2 aromatic heterocycles. The largest absolute Gasteiger partial charge is 0.447 e. The van der Waals surface area contributed by atoms with Gasteiger partial charge < -0.3 is 18.5 Å². The number of halogens is 2. The first-order valence-electron chi connectivity index (χ1n) is 13.5. The van der Waals surface area contributed by atoms with Crippen molar-refractivity contribution in [3.05, 3.63) is 107 Å². The molecule has 2 aliphatic rings. The van der Waals surface area contributed by atoms with Gasteiger partial charge in [-0.05, 0) is 68.2 Å². The van der Waals surface area contributed by atoms with Gasteiger partial charge in [-0.25, -0.2) is 14.4 Å². The summed E-state index contributed by atoms with van der Waals surface area (Å²) >= 11 is 5.97. The number of nitrogens with zero attached hydrogens (tertiary/aromatic N) is 4. The van der Waals surface area contributed by atoms with Crippen molar-refractivity contribution in [3.63, 3.8) is 0 Å². The van der Waals surface area contributed by atoms with Crippen LogP contribution in [0.3, 0.4) is 0 Å². The van der Waals surface area contributed by atoms with Gasteiger partial charge in [-0.2, -0.15) is 0 Å². The molecule has 1 unspecified atom stereocenters. The lowest BCUT2D eigenvalue weighted by atomic mass is 9.88. The van der Waals surface area contributed by atoms with Crippen molar-refractivity contribution >= 4 is 22.6 Å². The van der Waals surface area contributed by atoms with Crippen molar-refractivity contribution in [2.45, 2.75) is 44.6 Å². The highest BCUT2D eigenvalue weighted by Crippen LogP contribution is 2.49. The van der Waals surface area contributed by atoms with Crippen LogP contribution in [0.4, 0.5) is 4.39 Å². The zero-order valence-electron chi connectivity index (χ0n) is 22.0. The number of likely N-dealkylation sites (tertiary alicyclic amines) is 1. The van der Waals surface area contributed by atoms with Gasteiger partial charge in [-0.15, -0.1) is 0 Å². The Kier molecular flexibility index (Phi) is 6.24. The molecule has 9 heteroatoms. The summed E-state index contributed by atoms with van der Waals surface area (Å²) in [5.74, 6) is 1.75. The fraction of sp³-hybridized carbons (Fsp3) is 0.290. The lowest BCUT2D eigenvalue weighted by Gasteiger charge is -2.32. The average Bonchev–Trinajstić information content (AvgIpc) is 3.67.